The van der Waals surface area contributed by atoms with E-state index in [0.29, 0.717) is 5.92 Å². The average Bonchev–Trinajstić information content (AvgIpc) is 2.33. The molecule has 3 nitrogen and oxygen atoms in total. The van der Waals surface area contributed by atoms with Crippen molar-refractivity contribution >= 4 is 18.4 Å². The molecule has 1 aliphatic heterocycles. The minimum absolute atomic E-state index is 0. The molecule has 0 aromatic carbocycles. The predicted molar refractivity (Wildman–Crippen MR) is 54.3 cm³/mol. The summed E-state index contributed by atoms with van der Waals surface area (Å²) >= 11 is 0. The average molecular weight is 208 g/mol. The Balaban J connectivity index is 0.00000144. The molecule has 1 atom stereocenters. The van der Waals surface area contributed by atoms with Gasteiger partial charge in [-0.25, -0.2) is 0 Å². The number of hydrogen-bond donors (Lipinski definition) is 1. The SMILES string of the molecule is CC(C)CN1CCC[C@@H]1C(=O)O.Cl. The van der Waals surface area contributed by atoms with Crippen LogP contribution in [-0.4, -0.2) is 35.1 Å². The number of likely N-dealkylation sites (tertiary alicyclic amines) is 1. The minimum atomic E-state index is -0.659. The summed E-state index contributed by atoms with van der Waals surface area (Å²) in [6.45, 7) is 6.11. The van der Waals surface area contributed by atoms with Gasteiger partial charge in [-0.05, 0) is 25.3 Å². The molecule has 0 radical (unpaired) electrons. The number of aliphatic carboxylic acids is 1. The standard InChI is InChI=1S/C9H17NO2.ClH/c1-7(2)6-10-5-3-4-8(10)9(11)12;/h7-8H,3-6H2,1-2H3,(H,11,12);1H/t8-;/m1./s1. The van der Waals surface area contributed by atoms with Gasteiger partial charge < -0.3 is 5.11 Å². The smallest absolute Gasteiger partial charge is 0.320 e. The lowest BCUT2D eigenvalue weighted by atomic mass is 10.2. The first-order chi connectivity index (χ1) is 5.61. The summed E-state index contributed by atoms with van der Waals surface area (Å²) < 4.78 is 0. The molecular weight excluding hydrogens is 190 g/mol. The van der Waals surface area contributed by atoms with Crippen molar-refractivity contribution in [2.45, 2.75) is 32.7 Å². The zero-order valence-electron chi connectivity index (χ0n) is 8.19. The molecule has 1 aliphatic rings. The van der Waals surface area contributed by atoms with Crippen LogP contribution in [0, 0.1) is 5.92 Å². The van der Waals surface area contributed by atoms with E-state index < -0.39 is 5.97 Å². The van der Waals surface area contributed by atoms with Crippen LogP contribution < -0.4 is 0 Å². The topological polar surface area (TPSA) is 40.5 Å². The Hall–Kier alpha value is -0.280. The van der Waals surface area contributed by atoms with Gasteiger partial charge in [0.05, 0.1) is 0 Å². The molecule has 4 heteroatoms. The van der Waals surface area contributed by atoms with E-state index in [0.717, 1.165) is 25.9 Å². The molecule has 0 aromatic heterocycles. The lowest BCUT2D eigenvalue weighted by molar-refractivity contribution is -0.142. The normalized spacial score (nSPS) is 23.2. The van der Waals surface area contributed by atoms with Crippen LogP contribution in [-0.2, 0) is 4.79 Å². The van der Waals surface area contributed by atoms with Crippen LogP contribution in [0.3, 0.4) is 0 Å². The molecule has 1 fully saturated rings. The molecule has 1 N–H and O–H groups in total. The van der Waals surface area contributed by atoms with Crippen molar-refractivity contribution in [3.8, 4) is 0 Å². The van der Waals surface area contributed by atoms with Crippen molar-refractivity contribution in [2.75, 3.05) is 13.1 Å². The van der Waals surface area contributed by atoms with Crippen LogP contribution in [0.4, 0.5) is 0 Å². The third-order valence-corrected chi connectivity index (χ3v) is 2.25. The van der Waals surface area contributed by atoms with Gasteiger partial charge in [-0.3, -0.25) is 9.69 Å². The molecule has 1 heterocycles. The van der Waals surface area contributed by atoms with Gasteiger partial charge >= 0.3 is 5.97 Å². The van der Waals surface area contributed by atoms with Crippen molar-refractivity contribution in [3.63, 3.8) is 0 Å². The molecule has 0 aliphatic carbocycles. The van der Waals surface area contributed by atoms with Gasteiger partial charge in [0, 0.05) is 6.54 Å². The second-order valence-electron chi connectivity index (χ2n) is 3.89. The molecule has 1 rings (SSSR count). The fraction of sp³-hybridized carbons (Fsp3) is 0.889. The van der Waals surface area contributed by atoms with E-state index in [9.17, 15) is 4.79 Å². The molecule has 0 spiro atoms. The van der Waals surface area contributed by atoms with Crippen molar-refractivity contribution < 1.29 is 9.90 Å². The zero-order chi connectivity index (χ0) is 9.14. The zero-order valence-corrected chi connectivity index (χ0v) is 9.01. The minimum Gasteiger partial charge on any atom is -0.480 e. The van der Waals surface area contributed by atoms with E-state index in [1.54, 1.807) is 0 Å². The monoisotopic (exact) mass is 207 g/mol. The third kappa shape index (κ3) is 3.53. The molecule has 13 heavy (non-hydrogen) atoms. The highest BCUT2D eigenvalue weighted by Crippen LogP contribution is 2.18. The van der Waals surface area contributed by atoms with Crippen molar-refractivity contribution in [1.82, 2.24) is 4.90 Å². The van der Waals surface area contributed by atoms with Gasteiger partial charge in [0.1, 0.15) is 6.04 Å². The van der Waals surface area contributed by atoms with Gasteiger partial charge in [0.25, 0.3) is 0 Å². The number of carbonyl (C=O) groups is 1. The first-order valence-electron chi connectivity index (χ1n) is 4.58. The summed E-state index contributed by atoms with van der Waals surface area (Å²) in [6, 6.07) is -0.215. The van der Waals surface area contributed by atoms with Crippen LogP contribution in [0.25, 0.3) is 0 Å². The van der Waals surface area contributed by atoms with E-state index in [2.05, 4.69) is 18.7 Å². The molecule has 1 saturated heterocycles. The Bertz CT molecular complexity index is 173. The Morgan fingerprint density at radius 1 is 1.62 bits per heavy atom. The molecule has 0 aromatic rings. The fourth-order valence-electron chi connectivity index (χ4n) is 1.79. The maximum Gasteiger partial charge on any atom is 0.320 e. The summed E-state index contributed by atoms with van der Waals surface area (Å²) in [7, 11) is 0. The van der Waals surface area contributed by atoms with E-state index >= 15 is 0 Å². The van der Waals surface area contributed by atoms with Gasteiger partial charge in [-0.1, -0.05) is 13.8 Å². The summed E-state index contributed by atoms with van der Waals surface area (Å²) in [5, 5.41) is 8.85. The predicted octanol–water partition coefficient (Wildman–Crippen LogP) is 1.61. The molecule has 0 saturated carbocycles. The largest absolute Gasteiger partial charge is 0.480 e. The highest BCUT2D eigenvalue weighted by Gasteiger charge is 2.30. The Labute approximate surface area is 85.5 Å². The Morgan fingerprint density at radius 3 is 2.69 bits per heavy atom. The van der Waals surface area contributed by atoms with Crippen LogP contribution >= 0.6 is 12.4 Å². The van der Waals surface area contributed by atoms with Crippen molar-refractivity contribution in [2.24, 2.45) is 5.92 Å². The van der Waals surface area contributed by atoms with Crippen LogP contribution in [0.2, 0.25) is 0 Å². The number of rotatable bonds is 3. The molecule has 0 bridgehead atoms. The number of halogens is 1. The van der Waals surface area contributed by atoms with Gasteiger partial charge in [-0.2, -0.15) is 0 Å². The maximum atomic E-state index is 10.8. The van der Waals surface area contributed by atoms with Crippen LogP contribution in [0.1, 0.15) is 26.7 Å². The quantitative estimate of drug-likeness (QED) is 0.765. The molecular formula is C9H18ClNO2. The fourth-order valence-corrected chi connectivity index (χ4v) is 1.79. The Morgan fingerprint density at radius 2 is 2.23 bits per heavy atom. The first-order valence-corrected chi connectivity index (χ1v) is 4.58. The second kappa shape index (κ2) is 5.45. The first kappa shape index (κ1) is 12.7. The van der Waals surface area contributed by atoms with E-state index in [1.165, 1.54) is 0 Å². The van der Waals surface area contributed by atoms with E-state index in [1.807, 2.05) is 0 Å². The summed E-state index contributed by atoms with van der Waals surface area (Å²) in [4.78, 5) is 12.8. The molecule has 0 unspecified atom stereocenters. The van der Waals surface area contributed by atoms with E-state index in [-0.39, 0.29) is 18.4 Å². The Kier molecular flexibility index (Phi) is 5.33. The lowest BCUT2D eigenvalue weighted by Crippen LogP contribution is -2.38. The highest BCUT2D eigenvalue weighted by molar-refractivity contribution is 5.85. The maximum absolute atomic E-state index is 10.8. The number of nitrogens with zero attached hydrogens (tertiary/aromatic N) is 1. The van der Waals surface area contributed by atoms with Gasteiger partial charge in [0.2, 0.25) is 0 Å². The second-order valence-corrected chi connectivity index (χ2v) is 3.89. The van der Waals surface area contributed by atoms with Crippen LogP contribution in [0.5, 0.6) is 0 Å². The summed E-state index contributed by atoms with van der Waals surface area (Å²) in [5.41, 5.74) is 0. The third-order valence-electron chi connectivity index (χ3n) is 2.25. The van der Waals surface area contributed by atoms with Crippen molar-refractivity contribution in [1.29, 1.82) is 0 Å². The summed E-state index contributed by atoms with van der Waals surface area (Å²) in [6.07, 6.45) is 1.85. The lowest BCUT2D eigenvalue weighted by Gasteiger charge is -2.22. The number of hydrogen-bond acceptors (Lipinski definition) is 2. The van der Waals surface area contributed by atoms with Crippen molar-refractivity contribution in [3.05, 3.63) is 0 Å². The molecule has 78 valence electrons. The van der Waals surface area contributed by atoms with E-state index in [4.69, 9.17) is 5.11 Å². The highest BCUT2D eigenvalue weighted by atomic mass is 35.5. The number of carboxylic acids is 1. The van der Waals surface area contributed by atoms with Gasteiger partial charge in [0.15, 0.2) is 0 Å². The van der Waals surface area contributed by atoms with Gasteiger partial charge in [-0.15, -0.1) is 12.4 Å². The number of carboxylic acid groups (broad SMARTS) is 1. The summed E-state index contributed by atoms with van der Waals surface area (Å²) in [5.74, 6) is -0.0990. The van der Waals surface area contributed by atoms with Crippen LogP contribution in [0.15, 0.2) is 0 Å². The molecule has 0 amide bonds.